The van der Waals surface area contributed by atoms with Gasteiger partial charge in [0.1, 0.15) is 0 Å². The van der Waals surface area contributed by atoms with E-state index in [0.717, 1.165) is 19.0 Å². The van der Waals surface area contributed by atoms with E-state index in [-0.39, 0.29) is 5.91 Å². The number of hydrogen-bond donors (Lipinski definition) is 2. The summed E-state index contributed by atoms with van der Waals surface area (Å²) in [5.41, 5.74) is 0. The Balaban J connectivity index is 2.03. The molecule has 0 aliphatic heterocycles. The average molecular weight is 240 g/mol. The fraction of sp³-hybridized carbons (Fsp3) is 0.929. The summed E-state index contributed by atoms with van der Waals surface area (Å²) < 4.78 is 0. The van der Waals surface area contributed by atoms with E-state index in [1.54, 1.807) is 0 Å². The lowest BCUT2D eigenvalue weighted by Crippen LogP contribution is -2.37. The third kappa shape index (κ3) is 7.37. The van der Waals surface area contributed by atoms with Crippen molar-refractivity contribution in [3.63, 3.8) is 0 Å². The van der Waals surface area contributed by atoms with Crippen LogP contribution in [0.15, 0.2) is 0 Å². The Kier molecular flexibility index (Phi) is 7.25. The molecule has 1 amide bonds. The lowest BCUT2D eigenvalue weighted by molar-refractivity contribution is -0.120. The molecule has 1 saturated carbocycles. The number of nitrogens with one attached hydrogen (secondary N) is 2. The lowest BCUT2D eigenvalue weighted by atomic mass is 10.0. The first-order chi connectivity index (χ1) is 8.18. The van der Waals surface area contributed by atoms with Crippen LogP contribution < -0.4 is 10.6 Å². The van der Waals surface area contributed by atoms with Crippen molar-refractivity contribution in [1.29, 1.82) is 0 Å². The molecule has 1 aliphatic rings. The SMILES string of the molecule is CC(C)CNC(=O)CNCC1CCCCCC1. The Bertz CT molecular complexity index is 208. The molecule has 0 radical (unpaired) electrons. The van der Waals surface area contributed by atoms with Crippen LogP contribution in [0.2, 0.25) is 0 Å². The fourth-order valence-corrected chi connectivity index (χ4v) is 2.34. The molecule has 0 aromatic rings. The van der Waals surface area contributed by atoms with Crippen LogP contribution in [-0.2, 0) is 4.79 Å². The summed E-state index contributed by atoms with van der Waals surface area (Å²) in [7, 11) is 0. The highest BCUT2D eigenvalue weighted by molar-refractivity contribution is 5.77. The molecule has 0 bridgehead atoms. The highest BCUT2D eigenvalue weighted by Gasteiger charge is 2.12. The first-order valence-electron chi connectivity index (χ1n) is 7.16. The molecule has 0 aromatic heterocycles. The summed E-state index contributed by atoms with van der Waals surface area (Å²) in [5, 5.41) is 6.23. The van der Waals surface area contributed by atoms with E-state index >= 15 is 0 Å². The van der Waals surface area contributed by atoms with Crippen LogP contribution in [0.4, 0.5) is 0 Å². The molecule has 3 heteroatoms. The van der Waals surface area contributed by atoms with Gasteiger partial charge in [-0.05, 0) is 31.2 Å². The van der Waals surface area contributed by atoms with E-state index in [9.17, 15) is 4.79 Å². The Morgan fingerprint density at radius 3 is 2.41 bits per heavy atom. The molecule has 3 nitrogen and oxygen atoms in total. The molecule has 17 heavy (non-hydrogen) atoms. The molecule has 0 saturated heterocycles. The van der Waals surface area contributed by atoms with Crippen molar-refractivity contribution in [2.75, 3.05) is 19.6 Å². The summed E-state index contributed by atoms with van der Waals surface area (Å²) in [6.45, 7) is 6.49. The largest absolute Gasteiger partial charge is 0.355 e. The lowest BCUT2D eigenvalue weighted by Gasteiger charge is -2.15. The molecule has 1 rings (SSSR count). The predicted molar refractivity (Wildman–Crippen MR) is 71.9 cm³/mol. The van der Waals surface area contributed by atoms with Gasteiger partial charge in [0, 0.05) is 6.54 Å². The van der Waals surface area contributed by atoms with Gasteiger partial charge >= 0.3 is 0 Å². The number of carbonyl (C=O) groups excluding carboxylic acids is 1. The molecule has 0 atom stereocenters. The number of carbonyl (C=O) groups is 1. The van der Waals surface area contributed by atoms with E-state index in [2.05, 4.69) is 24.5 Å². The third-order valence-electron chi connectivity index (χ3n) is 3.40. The second kappa shape index (κ2) is 8.51. The third-order valence-corrected chi connectivity index (χ3v) is 3.40. The molecule has 100 valence electrons. The zero-order valence-corrected chi connectivity index (χ0v) is 11.4. The topological polar surface area (TPSA) is 41.1 Å². The number of amides is 1. The summed E-state index contributed by atoms with van der Waals surface area (Å²) in [6, 6.07) is 0. The van der Waals surface area contributed by atoms with Crippen molar-refractivity contribution in [3.05, 3.63) is 0 Å². The standard InChI is InChI=1S/C14H28N2O/c1-12(2)9-16-14(17)11-15-10-13-7-5-3-4-6-8-13/h12-13,15H,3-11H2,1-2H3,(H,16,17). The van der Waals surface area contributed by atoms with Crippen molar-refractivity contribution in [3.8, 4) is 0 Å². The average Bonchev–Trinajstić information content (AvgIpc) is 2.55. The quantitative estimate of drug-likeness (QED) is 0.700. The molecular formula is C14H28N2O. The maximum atomic E-state index is 11.5. The summed E-state index contributed by atoms with van der Waals surface area (Å²) in [6.07, 6.45) is 8.19. The van der Waals surface area contributed by atoms with Crippen molar-refractivity contribution in [1.82, 2.24) is 10.6 Å². The molecular weight excluding hydrogens is 212 g/mol. The van der Waals surface area contributed by atoms with E-state index in [0.29, 0.717) is 12.5 Å². The smallest absolute Gasteiger partial charge is 0.233 e. The van der Waals surface area contributed by atoms with Gasteiger partial charge in [-0.1, -0.05) is 39.5 Å². The van der Waals surface area contributed by atoms with Crippen LogP contribution in [0.3, 0.4) is 0 Å². The van der Waals surface area contributed by atoms with Gasteiger partial charge in [-0.25, -0.2) is 0 Å². The minimum Gasteiger partial charge on any atom is -0.355 e. The van der Waals surface area contributed by atoms with E-state index < -0.39 is 0 Å². The zero-order chi connectivity index (χ0) is 12.5. The maximum Gasteiger partial charge on any atom is 0.233 e. The van der Waals surface area contributed by atoms with Crippen LogP contribution >= 0.6 is 0 Å². The minimum absolute atomic E-state index is 0.132. The molecule has 0 aromatic carbocycles. The summed E-state index contributed by atoms with van der Waals surface area (Å²) >= 11 is 0. The van der Waals surface area contributed by atoms with E-state index in [1.807, 2.05) is 0 Å². The van der Waals surface area contributed by atoms with Crippen LogP contribution in [0.25, 0.3) is 0 Å². The van der Waals surface area contributed by atoms with E-state index in [1.165, 1.54) is 38.5 Å². The van der Waals surface area contributed by atoms with Crippen LogP contribution in [0, 0.1) is 11.8 Å². The van der Waals surface area contributed by atoms with Gasteiger partial charge in [0.05, 0.1) is 6.54 Å². The molecule has 0 unspecified atom stereocenters. The molecule has 2 N–H and O–H groups in total. The van der Waals surface area contributed by atoms with Gasteiger partial charge in [-0.2, -0.15) is 0 Å². The molecule has 0 heterocycles. The van der Waals surface area contributed by atoms with Gasteiger partial charge in [-0.15, -0.1) is 0 Å². The van der Waals surface area contributed by atoms with Crippen LogP contribution in [-0.4, -0.2) is 25.5 Å². The molecule has 0 spiro atoms. The van der Waals surface area contributed by atoms with Crippen molar-refractivity contribution in [2.24, 2.45) is 11.8 Å². The van der Waals surface area contributed by atoms with Crippen LogP contribution in [0.1, 0.15) is 52.4 Å². The maximum absolute atomic E-state index is 11.5. The summed E-state index contributed by atoms with van der Waals surface area (Å²) in [5.74, 6) is 1.45. The first kappa shape index (κ1) is 14.5. The summed E-state index contributed by atoms with van der Waals surface area (Å²) in [4.78, 5) is 11.5. The van der Waals surface area contributed by atoms with Crippen LogP contribution in [0.5, 0.6) is 0 Å². The van der Waals surface area contributed by atoms with Crippen molar-refractivity contribution in [2.45, 2.75) is 52.4 Å². The van der Waals surface area contributed by atoms with Gasteiger partial charge in [-0.3, -0.25) is 4.79 Å². The van der Waals surface area contributed by atoms with Gasteiger partial charge < -0.3 is 10.6 Å². The predicted octanol–water partition coefficient (Wildman–Crippen LogP) is 2.32. The molecule has 1 aliphatic carbocycles. The van der Waals surface area contributed by atoms with Gasteiger partial charge in [0.2, 0.25) is 5.91 Å². The second-order valence-electron chi connectivity index (χ2n) is 5.69. The van der Waals surface area contributed by atoms with E-state index in [4.69, 9.17) is 0 Å². The Morgan fingerprint density at radius 2 is 1.82 bits per heavy atom. The van der Waals surface area contributed by atoms with Crippen molar-refractivity contribution < 1.29 is 4.79 Å². The second-order valence-corrected chi connectivity index (χ2v) is 5.69. The first-order valence-corrected chi connectivity index (χ1v) is 7.16. The van der Waals surface area contributed by atoms with Crippen molar-refractivity contribution >= 4 is 5.91 Å². The zero-order valence-electron chi connectivity index (χ0n) is 11.4. The molecule has 1 fully saturated rings. The normalized spacial score (nSPS) is 18.1. The Hall–Kier alpha value is -0.570. The van der Waals surface area contributed by atoms with Gasteiger partial charge in [0.25, 0.3) is 0 Å². The number of hydrogen-bond acceptors (Lipinski definition) is 2. The monoisotopic (exact) mass is 240 g/mol. The Morgan fingerprint density at radius 1 is 1.18 bits per heavy atom. The highest BCUT2D eigenvalue weighted by atomic mass is 16.1. The van der Waals surface area contributed by atoms with Gasteiger partial charge in [0.15, 0.2) is 0 Å². The minimum atomic E-state index is 0.132. The Labute approximate surface area is 106 Å². The fourth-order valence-electron chi connectivity index (χ4n) is 2.34. The highest BCUT2D eigenvalue weighted by Crippen LogP contribution is 2.21. The number of rotatable bonds is 6.